The van der Waals surface area contributed by atoms with E-state index in [-0.39, 0.29) is 0 Å². The van der Waals surface area contributed by atoms with Crippen molar-refractivity contribution in [3.63, 3.8) is 0 Å². The molecule has 3 aromatic heterocycles. The van der Waals surface area contributed by atoms with E-state index in [0.717, 1.165) is 56.8 Å². The maximum Gasteiger partial charge on any atom is 0.187 e. The molecule has 0 spiro atoms. The molecule has 8 aromatic carbocycles. The number of aryl methyl sites for hydroxylation is 1. The summed E-state index contributed by atoms with van der Waals surface area (Å²) in [7, 11) is -1.05. The predicted octanol–water partition coefficient (Wildman–Crippen LogP) is 10.7. The number of fused-ring (bicyclic) bond motifs is 7. The fourth-order valence-electron chi connectivity index (χ4n) is 9.92. The van der Waals surface area contributed by atoms with Crippen molar-refractivity contribution in [3.05, 3.63) is 219 Å². The van der Waals surface area contributed by atoms with Crippen LogP contribution in [0.25, 0.3) is 49.9 Å². The summed E-state index contributed by atoms with van der Waals surface area (Å²) in [5.74, 6) is 3.28. The lowest BCUT2D eigenvalue weighted by Crippen LogP contribution is -2.77. The standard InChI is InChI=1S/C55H39N5OSi/c1-58-48-31-14-12-29-46(48)57-54(58)38-18-15-22-41(36-38)61-42-23-16-21-40(37-42)60-50-34-33-49-52(45-28-11-13-30-47(45)59(49)39-19-5-2-6-20-39)53(50)62(43-24-7-3-8-25-43,44-26-9-4-10-27-44)51-32-17-35-56-55(51)60/h2-37H,1H3. The van der Waals surface area contributed by atoms with Crippen molar-refractivity contribution in [2.75, 3.05) is 4.90 Å². The number of nitrogens with zero attached hydrogens (tertiary/aromatic N) is 5. The number of hydrogen-bond donors (Lipinski definition) is 0. The fourth-order valence-corrected chi connectivity index (χ4v) is 15.2. The van der Waals surface area contributed by atoms with Gasteiger partial charge in [-0.2, -0.15) is 0 Å². The van der Waals surface area contributed by atoms with Crippen LogP contribution in [-0.2, 0) is 7.05 Å². The van der Waals surface area contributed by atoms with Crippen molar-refractivity contribution < 1.29 is 4.74 Å². The molecule has 0 aliphatic carbocycles. The van der Waals surface area contributed by atoms with Gasteiger partial charge in [0.05, 0.1) is 27.8 Å². The van der Waals surface area contributed by atoms with Gasteiger partial charge in [0, 0.05) is 47.0 Å². The first-order valence-corrected chi connectivity index (χ1v) is 23.0. The van der Waals surface area contributed by atoms with Gasteiger partial charge in [0.2, 0.25) is 0 Å². The number of para-hydroxylation sites is 4. The van der Waals surface area contributed by atoms with E-state index < -0.39 is 8.07 Å². The highest BCUT2D eigenvalue weighted by atomic mass is 28.3. The molecule has 0 N–H and O–H groups in total. The van der Waals surface area contributed by atoms with Gasteiger partial charge in [-0.25, -0.2) is 9.97 Å². The quantitative estimate of drug-likeness (QED) is 0.150. The molecule has 294 valence electrons. The van der Waals surface area contributed by atoms with Gasteiger partial charge in [0.25, 0.3) is 0 Å². The largest absolute Gasteiger partial charge is 0.457 e. The average Bonchev–Trinajstić information content (AvgIpc) is 3.86. The number of hydrogen-bond acceptors (Lipinski definition) is 4. The van der Waals surface area contributed by atoms with E-state index in [2.05, 4.69) is 203 Å². The van der Waals surface area contributed by atoms with Crippen LogP contribution in [0.2, 0.25) is 0 Å². The molecule has 0 saturated heterocycles. The highest BCUT2D eigenvalue weighted by molar-refractivity contribution is 7.22. The third kappa shape index (κ3) is 5.42. The van der Waals surface area contributed by atoms with E-state index >= 15 is 0 Å². The smallest absolute Gasteiger partial charge is 0.187 e. The van der Waals surface area contributed by atoms with Crippen molar-refractivity contribution in [1.82, 2.24) is 19.1 Å². The maximum absolute atomic E-state index is 6.74. The topological polar surface area (TPSA) is 48.1 Å². The van der Waals surface area contributed by atoms with Crippen molar-refractivity contribution in [3.8, 4) is 28.6 Å². The van der Waals surface area contributed by atoms with E-state index in [1.165, 1.54) is 42.6 Å². The summed E-state index contributed by atoms with van der Waals surface area (Å²) in [6.45, 7) is 0. The third-order valence-corrected chi connectivity index (χ3v) is 17.3. The predicted molar refractivity (Wildman–Crippen MR) is 257 cm³/mol. The molecule has 7 heteroatoms. The Balaban J connectivity index is 1.10. The lowest BCUT2D eigenvalue weighted by molar-refractivity contribution is 0.483. The average molecular weight is 814 g/mol. The number of anilines is 3. The van der Waals surface area contributed by atoms with Crippen LogP contribution in [0.3, 0.4) is 0 Å². The molecule has 1 aliphatic heterocycles. The highest BCUT2D eigenvalue weighted by Gasteiger charge is 2.51. The molecule has 62 heavy (non-hydrogen) atoms. The van der Waals surface area contributed by atoms with Gasteiger partial charge in [-0.3, -0.25) is 4.90 Å². The number of aromatic nitrogens is 4. The van der Waals surface area contributed by atoms with Gasteiger partial charge < -0.3 is 13.9 Å². The van der Waals surface area contributed by atoms with E-state index in [1.807, 2.05) is 36.5 Å². The second-order valence-corrected chi connectivity index (χ2v) is 19.5. The minimum atomic E-state index is -3.11. The molecule has 12 rings (SSSR count). The minimum Gasteiger partial charge on any atom is -0.457 e. The van der Waals surface area contributed by atoms with E-state index in [1.54, 1.807) is 0 Å². The van der Waals surface area contributed by atoms with Gasteiger partial charge >= 0.3 is 0 Å². The van der Waals surface area contributed by atoms with Crippen LogP contribution in [0.4, 0.5) is 17.2 Å². The summed E-state index contributed by atoms with van der Waals surface area (Å²) >= 11 is 0. The lowest BCUT2D eigenvalue weighted by Gasteiger charge is -2.44. The zero-order valence-corrected chi connectivity index (χ0v) is 34.9. The normalized spacial score (nSPS) is 13.0. The van der Waals surface area contributed by atoms with Crippen LogP contribution in [0.5, 0.6) is 11.5 Å². The number of imidazole rings is 1. The molecule has 0 bridgehead atoms. The zero-order chi connectivity index (χ0) is 41.2. The Morgan fingerprint density at radius 2 is 1.16 bits per heavy atom. The SMILES string of the molecule is Cn1c(-c2cccc(Oc3cccc(N4c5ccc6c(c5[Si](c5ccccc5)(c5ccccc5)c5cccnc54)c4ccccc4n6-c4ccccc4)c3)c2)nc2ccccc21. The van der Waals surface area contributed by atoms with Crippen LogP contribution >= 0.6 is 0 Å². The molecule has 0 fully saturated rings. The van der Waals surface area contributed by atoms with Gasteiger partial charge in [-0.05, 0) is 93.5 Å². The first-order valence-electron chi connectivity index (χ1n) is 21.0. The van der Waals surface area contributed by atoms with E-state index in [9.17, 15) is 0 Å². The van der Waals surface area contributed by atoms with Crippen LogP contribution in [0.1, 0.15) is 0 Å². The van der Waals surface area contributed by atoms with E-state index in [4.69, 9.17) is 14.7 Å². The molecular weight excluding hydrogens is 775 g/mol. The van der Waals surface area contributed by atoms with Gasteiger partial charge in [-0.1, -0.05) is 133 Å². The van der Waals surface area contributed by atoms with E-state index in [0.29, 0.717) is 0 Å². The molecule has 0 saturated carbocycles. The molecule has 11 aromatic rings. The molecule has 1 aliphatic rings. The zero-order valence-electron chi connectivity index (χ0n) is 33.9. The summed E-state index contributed by atoms with van der Waals surface area (Å²) in [4.78, 5) is 12.6. The van der Waals surface area contributed by atoms with Crippen molar-refractivity contribution in [1.29, 1.82) is 0 Å². The molecule has 0 unspecified atom stereocenters. The summed E-state index contributed by atoms with van der Waals surface area (Å²) in [5.41, 5.74) is 8.59. The first-order chi connectivity index (χ1) is 30.7. The van der Waals surface area contributed by atoms with Crippen molar-refractivity contribution in [2.45, 2.75) is 0 Å². The Morgan fingerprint density at radius 3 is 1.92 bits per heavy atom. The maximum atomic E-state index is 6.74. The molecule has 0 atom stereocenters. The first kappa shape index (κ1) is 35.9. The van der Waals surface area contributed by atoms with Crippen LogP contribution < -0.4 is 30.4 Å². The molecular formula is C55H39N5OSi. The monoisotopic (exact) mass is 813 g/mol. The highest BCUT2D eigenvalue weighted by Crippen LogP contribution is 2.43. The summed E-state index contributed by atoms with van der Waals surface area (Å²) in [6.07, 6.45) is 1.93. The Labute approximate surface area is 360 Å². The van der Waals surface area contributed by atoms with Crippen molar-refractivity contribution in [2.24, 2.45) is 7.05 Å². The number of benzene rings is 8. The Bertz CT molecular complexity index is 3430. The number of ether oxygens (including phenoxy) is 1. The fraction of sp³-hybridized carbons (Fsp3) is 0.0182. The third-order valence-electron chi connectivity index (χ3n) is 12.5. The minimum absolute atomic E-state index is 0.727. The number of pyridine rings is 1. The second kappa shape index (κ2) is 14.3. The van der Waals surface area contributed by atoms with Crippen LogP contribution in [-0.4, -0.2) is 27.2 Å². The Morgan fingerprint density at radius 1 is 0.516 bits per heavy atom. The summed E-state index contributed by atoms with van der Waals surface area (Å²) in [5, 5.41) is 7.66. The van der Waals surface area contributed by atoms with Gasteiger partial charge in [0.1, 0.15) is 23.1 Å². The van der Waals surface area contributed by atoms with Gasteiger partial charge in [-0.15, -0.1) is 0 Å². The molecule has 0 amide bonds. The Kier molecular flexibility index (Phi) is 8.30. The van der Waals surface area contributed by atoms with Crippen LogP contribution in [0.15, 0.2) is 219 Å². The molecule has 6 nitrogen and oxygen atoms in total. The molecule has 0 radical (unpaired) electrons. The van der Waals surface area contributed by atoms with Gasteiger partial charge in [0.15, 0.2) is 8.07 Å². The molecule has 4 heterocycles. The summed E-state index contributed by atoms with van der Waals surface area (Å²) in [6, 6.07) is 75.9. The second-order valence-electron chi connectivity index (χ2n) is 15.8. The Hall–Kier alpha value is -8.00. The lowest BCUT2D eigenvalue weighted by atomic mass is 10.1. The van der Waals surface area contributed by atoms with Crippen LogP contribution in [0, 0.1) is 0 Å². The summed E-state index contributed by atoms with van der Waals surface area (Å²) < 4.78 is 11.3. The van der Waals surface area contributed by atoms with Crippen molar-refractivity contribution >= 4 is 78.9 Å². The number of rotatable bonds is 7.